The molecule has 2 aromatic rings. The van der Waals surface area contributed by atoms with E-state index in [0.29, 0.717) is 16.1 Å². The Morgan fingerprint density at radius 2 is 2.05 bits per heavy atom. The first kappa shape index (κ1) is 13.0. The minimum Gasteiger partial charge on any atom is -0.341 e. The largest absolute Gasteiger partial charge is 0.341 e. The summed E-state index contributed by atoms with van der Waals surface area (Å²) in [6, 6.07) is 5.94. The molecule has 0 bridgehead atoms. The van der Waals surface area contributed by atoms with Crippen molar-refractivity contribution in [3.05, 3.63) is 40.3 Å². The summed E-state index contributed by atoms with van der Waals surface area (Å²) in [5, 5.41) is 4.61. The number of rotatable bonds is 2. The Morgan fingerprint density at radius 3 is 2.79 bits per heavy atom. The lowest BCUT2D eigenvalue weighted by Crippen LogP contribution is -2.27. The van der Waals surface area contributed by atoms with Crippen LogP contribution in [0.25, 0.3) is 11.3 Å². The number of imidazole rings is 1. The third kappa shape index (κ3) is 2.78. The maximum absolute atomic E-state index is 6.04. The van der Waals surface area contributed by atoms with Gasteiger partial charge in [-0.3, -0.25) is 0 Å². The third-order valence-electron chi connectivity index (χ3n) is 3.47. The van der Waals surface area contributed by atoms with Crippen molar-refractivity contribution in [1.29, 1.82) is 0 Å². The summed E-state index contributed by atoms with van der Waals surface area (Å²) in [5.74, 6) is 1.00. The van der Waals surface area contributed by atoms with E-state index in [-0.39, 0.29) is 0 Å². The van der Waals surface area contributed by atoms with E-state index < -0.39 is 0 Å². The molecule has 0 amide bonds. The highest BCUT2D eigenvalue weighted by Gasteiger charge is 2.17. The van der Waals surface area contributed by atoms with Crippen molar-refractivity contribution in [3.8, 4) is 11.3 Å². The molecule has 5 heteroatoms. The number of aromatic nitrogens is 2. The maximum Gasteiger partial charge on any atom is 0.123 e. The van der Waals surface area contributed by atoms with Gasteiger partial charge in [-0.15, -0.1) is 0 Å². The minimum atomic E-state index is 0.338. The fourth-order valence-electron chi connectivity index (χ4n) is 2.41. The molecule has 1 saturated heterocycles. The quantitative estimate of drug-likeness (QED) is 0.872. The van der Waals surface area contributed by atoms with Crippen LogP contribution >= 0.6 is 23.2 Å². The van der Waals surface area contributed by atoms with Crippen molar-refractivity contribution in [2.45, 2.75) is 25.3 Å². The van der Waals surface area contributed by atoms with Crippen LogP contribution in [0.3, 0.4) is 0 Å². The van der Waals surface area contributed by atoms with Crippen LogP contribution in [0.2, 0.25) is 10.0 Å². The molecule has 3 nitrogen and oxygen atoms in total. The molecule has 100 valence electrons. The lowest BCUT2D eigenvalue weighted by Gasteiger charge is -2.21. The zero-order valence-corrected chi connectivity index (χ0v) is 11.9. The molecule has 19 heavy (non-hydrogen) atoms. The van der Waals surface area contributed by atoms with E-state index in [1.807, 2.05) is 18.3 Å². The number of aromatic amines is 1. The summed E-state index contributed by atoms with van der Waals surface area (Å²) in [4.78, 5) is 7.84. The van der Waals surface area contributed by atoms with Gasteiger partial charge in [0.15, 0.2) is 0 Å². The van der Waals surface area contributed by atoms with Gasteiger partial charge in [0, 0.05) is 5.56 Å². The standard InChI is InChI=1S/C14H15Cl2N3/c15-10-5-4-9(7-11(10)16)13-8-18-14(19-13)12-3-1-2-6-17-12/h4-5,7-8,12,17H,1-3,6H2,(H,18,19). The fourth-order valence-corrected chi connectivity index (χ4v) is 2.71. The fraction of sp³-hybridized carbons (Fsp3) is 0.357. The first-order chi connectivity index (χ1) is 9.24. The molecule has 3 rings (SSSR count). The molecule has 2 heterocycles. The molecule has 0 spiro atoms. The Hall–Kier alpha value is -1.03. The van der Waals surface area contributed by atoms with Gasteiger partial charge >= 0.3 is 0 Å². The number of benzene rings is 1. The van der Waals surface area contributed by atoms with Gasteiger partial charge in [-0.2, -0.15) is 0 Å². The second-order valence-electron chi connectivity index (χ2n) is 4.81. The molecule has 0 aliphatic carbocycles. The summed E-state index contributed by atoms with van der Waals surface area (Å²) in [6.07, 6.45) is 5.48. The monoisotopic (exact) mass is 295 g/mol. The zero-order valence-electron chi connectivity index (χ0n) is 10.4. The minimum absolute atomic E-state index is 0.338. The second-order valence-corrected chi connectivity index (χ2v) is 5.63. The number of nitrogens with zero attached hydrogens (tertiary/aromatic N) is 1. The first-order valence-electron chi connectivity index (χ1n) is 6.48. The average molecular weight is 296 g/mol. The van der Waals surface area contributed by atoms with Gasteiger partial charge in [-0.1, -0.05) is 35.7 Å². The van der Waals surface area contributed by atoms with Gasteiger partial charge in [0.25, 0.3) is 0 Å². The van der Waals surface area contributed by atoms with E-state index >= 15 is 0 Å². The highest BCUT2D eigenvalue weighted by atomic mass is 35.5. The van der Waals surface area contributed by atoms with Gasteiger partial charge in [0.1, 0.15) is 5.82 Å². The van der Waals surface area contributed by atoms with E-state index in [0.717, 1.165) is 30.0 Å². The van der Waals surface area contributed by atoms with Crippen molar-refractivity contribution in [3.63, 3.8) is 0 Å². The van der Waals surface area contributed by atoms with Crippen LogP contribution in [0.5, 0.6) is 0 Å². The SMILES string of the molecule is Clc1ccc(-c2cnc(C3CCCCN3)[nH]2)cc1Cl. The van der Waals surface area contributed by atoms with Crippen LogP contribution < -0.4 is 5.32 Å². The van der Waals surface area contributed by atoms with Gasteiger partial charge in [-0.25, -0.2) is 4.98 Å². The molecule has 0 radical (unpaired) electrons. The predicted octanol–water partition coefficient (Wildman–Crippen LogP) is 4.20. The topological polar surface area (TPSA) is 40.7 Å². The molecule has 0 saturated carbocycles. The Bertz CT molecular complexity index is 574. The molecule has 1 aromatic heterocycles. The van der Waals surface area contributed by atoms with Crippen molar-refractivity contribution in [2.75, 3.05) is 6.54 Å². The highest BCUT2D eigenvalue weighted by molar-refractivity contribution is 6.42. The molecular formula is C14H15Cl2N3. The number of hydrogen-bond acceptors (Lipinski definition) is 2. The van der Waals surface area contributed by atoms with E-state index in [4.69, 9.17) is 23.2 Å². The number of piperidine rings is 1. The van der Waals surface area contributed by atoms with Crippen molar-refractivity contribution in [2.24, 2.45) is 0 Å². The van der Waals surface area contributed by atoms with E-state index in [1.165, 1.54) is 12.8 Å². The van der Waals surface area contributed by atoms with Gasteiger partial charge < -0.3 is 10.3 Å². The second kappa shape index (κ2) is 5.53. The normalized spacial score (nSPS) is 19.6. The molecule has 2 N–H and O–H groups in total. The smallest absolute Gasteiger partial charge is 0.123 e. The van der Waals surface area contributed by atoms with Crippen LogP contribution in [0, 0.1) is 0 Å². The van der Waals surface area contributed by atoms with E-state index in [1.54, 1.807) is 6.07 Å². The number of H-pyrrole nitrogens is 1. The van der Waals surface area contributed by atoms with Crippen LogP contribution in [-0.2, 0) is 0 Å². The third-order valence-corrected chi connectivity index (χ3v) is 4.21. The van der Waals surface area contributed by atoms with Gasteiger partial charge in [0.2, 0.25) is 0 Å². The number of halogens is 2. The maximum atomic E-state index is 6.04. The van der Waals surface area contributed by atoms with Crippen LogP contribution in [0.1, 0.15) is 31.1 Å². The Labute approximate surface area is 122 Å². The van der Waals surface area contributed by atoms with Crippen molar-refractivity contribution in [1.82, 2.24) is 15.3 Å². The Kier molecular flexibility index (Phi) is 3.78. The molecule has 1 aliphatic rings. The summed E-state index contributed by atoms with van der Waals surface area (Å²) in [7, 11) is 0. The summed E-state index contributed by atoms with van der Waals surface area (Å²) < 4.78 is 0. The lowest BCUT2D eigenvalue weighted by molar-refractivity contribution is 0.399. The van der Waals surface area contributed by atoms with Gasteiger partial charge in [-0.05, 0) is 31.5 Å². The number of nitrogens with one attached hydrogen (secondary N) is 2. The van der Waals surface area contributed by atoms with E-state index in [2.05, 4.69) is 15.3 Å². The molecule has 1 aromatic carbocycles. The van der Waals surface area contributed by atoms with Crippen LogP contribution in [0.4, 0.5) is 0 Å². The van der Waals surface area contributed by atoms with Crippen molar-refractivity contribution >= 4 is 23.2 Å². The first-order valence-corrected chi connectivity index (χ1v) is 7.23. The summed E-state index contributed by atoms with van der Waals surface area (Å²) in [5.41, 5.74) is 1.98. The predicted molar refractivity (Wildman–Crippen MR) is 78.6 cm³/mol. The molecule has 1 unspecified atom stereocenters. The van der Waals surface area contributed by atoms with Crippen LogP contribution in [-0.4, -0.2) is 16.5 Å². The lowest BCUT2D eigenvalue weighted by atomic mass is 10.0. The Balaban J connectivity index is 1.85. The van der Waals surface area contributed by atoms with E-state index in [9.17, 15) is 0 Å². The Morgan fingerprint density at radius 1 is 1.16 bits per heavy atom. The van der Waals surface area contributed by atoms with Gasteiger partial charge in [0.05, 0.1) is 28.0 Å². The number of hydrogen-bond donors (Lipinski definition) is 2. The molecular weight excluding hydrogens is 281 g/mol. The molecule has 1 aliphatic heterocycles. The summed E-state index contributed by atoms with van der Waals surface area (Å²) >= 11 is 12.0. The zero-order chi connectivity index (χ0) is 13.2. The summed E-state index contributed by atoms with van der Waals surface area (Å²) in [6.45, 7) is 1.06. The van der Waals surface area contributed by atoms with Crippen molar-refractivity contribution < 1.29 is 0 Å². The highest BCUT2D eigenvalue weighted by Crippen LogP contribution is 2.29. The average Bonchev–Trinajstić information content (AvgIpc) is 2.93. The molecule has 1 atom stereocenters. The van der Waals surface area contributed by atoms with Crippen LogP contribution in [0.15, 0.2) is 24.4 Å². The molecule has 1 fully saturated rings.